The van der Waals surface area contributed by atoms with Crippen LogP contribution >= 0.6 is 0 Å². The second kappa shape index (κ2) is 12.7. The van der Waals surface area contributed by atoms with Crippen LogP contribution in [0.1, 0.15) is 22.8 Å². The third-order valence-corrected chi connectivity index (χ3v) is 8.20. The van der Waals surface area contributed by atoms with Gasteiger partial charge in [-0.2, -0.15) is 5.10 Å². The van der Waals surface area contributed by atoms with Gasteiger partial charge in [0.15, 0.2) is 11.5 Å². The number of anilines is 2. The van der Waals surface area contributed by atoms with Crippen LogP contribution in [-0.4, -0.2) is 45.7 Å². The highest BCUT2D eigenvalue weighted by molar-refractivity contribution is 7.92. The van der Waals surface area contributed by atoms with Gasteiger partial charge in [-0.05, 0) is 73.2 Å². The summed E-state index contributed by atoms with van der Waals surface area (Å²) in [7, 11) is -4.30. The largest absolute Gasteiger partial charge is 0.486 e. The number of hydrogen-bond acceptors (Lipinski definition) is 7. The zero-order valence-electron chi connectivity index (χ0n) is 23.0. The molecule has 2 N–H and O–H groups in total. The number of nitrogens with one attached hydrogen (secondary N) is 2. The van der Waals surface area contributed by atoms with Crippen molar-refractivity contribution in [1.29, 1.82) is 0 Å². The molecule has 0 aromatic heterocycles. The zero-order chi connectivity index (χ0) is 30.4. The van der Waals surface area contributed by atoms with Crippen molar-refractivity contribution in [2.75, 3.05) is 29.4 Å². The Morgan fingerprint density at radius 2 is 1.56 bits per heavy atom. The highest BCUT2D eigenvalue weighted by Crippen LogP contribution is 2.34. The first kappa shape index (κ1) is 29.3. The number of benzene rings is 4. The number of carbonyl (C=O) groups is 2. The number of hydrazone groups is 1. The van der Waals surface area contributed by atoms with Gasteiger partial charge in [-0.15, -0.1) is 0 Å². The molecule has 4 aromatic carbocycles. The molecule has 0 saturated heterocycles. The Kier molecular flexibility index (Phi) is 8.67. The summed E-state index contributed by atoms with van der Waals surface area (Å²) in [5, 5.41) is 6.95. The fourth-order valence-electron chi connectivity index (χ4n) is 4.23. The summed E-state index contributed by atoms with van der Waals surface area (Å²) in [6.07, 6.45) is 0. The van der Waals surface area contributed by atoms with Crippen LogP contribution in [0.3, 0.4) is 0 Å². The Morgan fingerprint density at radius 1 is 0.860 bits per heavy atom. The molecule has 4 aromatic rings. The molecule has 43 heavy (non-hydrogen) atoms. The Morgan fingerprint density at radius 3 is 2.30 bits per heavy atom. The van der Waals surface area contributed by atoms with Gasteiger partial charge in [-0.1, -0.05) is 30.3 Å². The van der Waals surface area contributed by atoms with Gasteiger partial charge >= 0.3 is 0 Å². The van der Waals surface area contributed by atoms with Crippen molar-refractivity contribution in [2.45, 2.75) is 11.8 Å². The Balaban J connectivity index is 1.33. The van der Waals surface area contributed by atoms with Gasteiger partial charge in [0.2, 0.25) is 0 Å². The third kappa shape index (κ3) is 6.99. The van der Waals surface area contributed by atoms with Crippen LogP contribution in [-0.2, 0) is 14.8 Å². The molecular formula is C31H27FN4O6S. The van der Waals surface area contributed by atoms with Crippen LogP contribution in [0.4, 0.5) is 15.8 Å². The highest BCUT2D eigenvalue weighted by Gasteiger charge is 2.29. The predicted octanol–water partition coefficient (Wildman–Crippen LogP) is 4.58. The van der Waals surface area contributed by atoms with Gasteiger partial charge in [0.1, 0.15) is 25.6 Å². The average Bonchev–Trinajstić information content (AvgIpc) is 3.03. The number of nitrogens with zero attached hydrogens (tertiary/aromatic N) is 2. The minimum atomic E-state index is -4.30. The zero-order valence-corrected chi connectivity index (χ0v) is 23.8. The number of fused-ring (bicyclic) bond motifs is 1. The summed E-state index contributed by atoms with van der Waals surface area (Å²) in [4.78, 5) is 25.4. The molecule has 5 rings (SSSR count). The van der Waals surface area contributed by atoms with Gasteiger partial charge in [0.05, 0.1) is 16.3 Å². The topological polar surface area (TPSA) is 126 Å². The number of hydrogen-bond donors (Lipinski definition) is 2. The number of rotatable bonds is 9. The highest BCUT2D eigenvalue weighted by atomic mass is 32.2. The van der Waals surface area contributed by atoms with Crippen LogP contribution in [0.25, 0.3) is 0 Å². The second-order valence-electron chi connectivity index (χ2n) is 9.43. The Bertz CT molecular complexity index is 1780. The van der Waals surface area contributed by atoms with Gasteiger partial charge in [0, 0.05) is 17.3 Å². The quantitative estimate of drug-likeness (QED) is 0.213. The summed E-state index contributed by atoms with van der Waals surface area (Å²) >= 11 is 0. The van der Waals surface area contributed by atoms with Crippen LogP contribution in [0.2, 0.25) is 0 Å². The van der Waals surface area contributed by atoms with E-state index in [1.807, 2.05) is 6.07 Å². The lowest BCUT2D eigenvalue weighted by Crippen LogP contribution is -2.39. The van der Waals surface area contributed by atoms with E-state index in [0.717, 1.165) is 16.4 Å². The maximum absolute atomic E-state index is 13.7. The summed E-state index contributed by atoms with van der Waals surface area (Å²) in [5.74, 6) is -0.908. The van der Waals surface area contributed by atoms with Crippen LogP contribution in [0.15, 0.2) is 107 Å². The number of ether oxygens (including phenoxy) is 2. The smallest absolute Gasteiger partial charge is 0.264 e. The summed E-state index contributed by atoms with van der Waals surface area (Å²) in [5.41, 5.74) is 4.52. The minimum Gasteiger partial charge on any atom is -0.486 e. The van der Waals surface area contributed by atoms with E-state index in [1.165, 1.54) is 30.3 Å². The van der Waals surface area contributed by atoms with E-state index in [4.69, 9.17) is 9.47 Å². The van der Waals surface area contributed by atoms with E-state index in [0.29, 0.717) is 34.9 Å². The molecule has 0 atom stereocenters. The van der Waals surface area contributed by atoms with Gasteiger partial charge in [-0.25, -0.2) is 18.2 Å². The van der Waals surface area contributed by atoms with Gasteiger partial charge < -0.3 is 14.8 Å². The first-order chi connectivity index (χ1) is 20.7. The molecule has 12 heteroatoms. The molecule has 0 aliphatic carbocycles. The molecular weight excluding hydrogens is 575 g/mol. The molecule has 1 aliphatic rings. The summed E-state index contributed by atoms with van der Waals surface area (Å²) in [6, 6.07) is 24.5. The first-order valence-electron chi connectivity index (χ1n) is 13.2. The molecule has 1 aliphatic heterocycles. The van der Waals surface area contributed by atoms with E-state index in [9.17, 15) is 22.4 Å². The number of amides is 2. The second-order valence-corrected chi connectivity index (χ2v) is 11.3. The number of carbonyl (C=O) groups excluding carboxylic acids is 2. The lowest BCUT2D eigenvalue weighted by Gasteiger charge is -2.25. The molecule has 0 radical (unpaired) electrons. The van der Waals surface area contributed by atoms with E-state index in [2.05, 4.69) is 15.8 Å². The van der Waals surface area contributed by atoms with E-state index in [1.54, 1.807) is 55.5 Å². The van der Waals surface area contributed by atoms with Crippen molar-refractivity contribution >= 4 is 38.9 Å². The maximum Gasteiger partial charge on any atom is 0.264 e. The predicted molar refractivity (Wildman–Crippen MR) is 160 cm³/mol. The molecule has 1 heterocycles. The van der Waals surface area contributed by atoms with Crippen molar-refractivity contribution in [3.8, 4) is 11.5 Å². The van der Waals surface area contributed by atoms with Gasteiger partial charge in [-0.3, -0.25) is 13.9 Å². The molecule has 0 bridgehead atoms. The summed E-state index contributed by atoms with van der Waals surface area (Å²) in [6.45, 7) is 1.61. The number of sulfonamides is 1. The van der Waals surface area contributed by atoms with Crippen LogP contribution in [0, 0.1) is 5.82 Å². The van der Waals surface area contributed by atoms with Crippen molar-refractivity contribution in [3.63, 3.8) is 0 Å². The molecule has 0 saturated carbocycles. The monoisotopic (exact) mass is 602 g/mol. The van der Waals surface area contributed by atoms with Crippen molar-refractivity contribution in [1.82, 2.24) is 5.43 Å². The van der Waals surface area contributed by atoms with Crippen LogP contribution in [0.5, 0.6) is 11.5 Å². The van der Waals surface area contributed by atoms with E-state index < -0.39 is 28.3 Å². The van der Waals surface area contributed by atoms with Crippen molar-refractivity contribution in [3.05, 3.63) is 114 Å². The number of halogens is 1. The van der Waals surface area contributed by atoms with E-state index >= 15 is 0 Å². The minimum absolute atomic E-state index is 0.0778. The molecule has 0 unspecified atom stereocenters. The molecule has 10 nitrogen and oxygen atoms in total. The standard InChI is InChI=1S/C31H27FN4O6S/c1-21(23-8-5-9-25(18-23)33-31(38)22-6-3-2-4-7-22)34-35-30(37)20-36(26-12-10-24(32)11-13-26)43(39,40)27-14-15-28-29(19-27)42-17-16-41-28/h2-15,18-19H,16-17,20H2,1H3,(H,33,38)(H,35,37)/b34-21-. The van der Waals surface area contributed by atoms with E-state index in [-0.39, 0.29) is 28.8 Å². The molecule has 0 spiro atoms. The maximum atomic E-state index is 13.7. The normalized spacial score (nSPS) is 12.7. The SMILES string of the molecule is C/C(=N/NC(=O)CN(c1ccc(F)cc1)S(=O)(=O)c1ccc2c(c1)OCCO2)c1cccc(NC(=O)c2ccccc2)c1. The molecule has 0 fully saturated rings. The Hall–Kier alpha value is -5.23. The average molecular weight is 603 g/mol. The Labute approximate surface area is 247 Å². The summed E-state index contributed by atoms with van der Waals surface area (Å²) < 4.78 is 52.9. The van der Waals surface area contributed by atoms with Gasteiger partial charge in [0.25, 0.3) is 21.8 Å². The molecule has 2 amide bonds. The fourth-order valence-corrected chi connectivity index (χ4v) is 5.66. The van der Waals surface area contributed by atoms with Crippen molar-refractivity contribution in [2.24, 2.45) is 5.10 Å². The lowest BCUT2D eigenvalue weighted by atomic mass is 10.1. The fraction of sp³-hybridized carbons (Fsp3) is 0.129. The lowest BCUT2D eigenvalue weighted by molar-refractivity contribution is -0.119. The van der Waals surface area contributed by atoms with Crippen molar-refractivity contribution < 1.29 is 31.9 Å². The molecule has 220 valence electrons. The third-order valence-electron chi connectivity index (χ3n) is 6.43. The van der Waals surface area contributed by atoms with Crippen LogP contribution < -0.4 is 24.5 Å². The first-order valence-corrected chi connectivity index (χ1v) is 14.6.